The lowest BCUT2D eigenvalue weighted by Crippen LogP contribution is -2.21. The molecule has 0 atom stereocenters. The first kappa shape index (κ1) is 20.4. The van der Waals surface area contributed by atoms with Crippen LogP contribution in [-0.4, -0.2) is 17.5 Å². The summed E-state index contributed by atoms with van der Waals surface area (Å²) in [6.45, 7) is 10.4. The van der Waals surface area contributed by atoms with Crippen molar-refractivity contribution in [2.75, 3.05) is 6.16 Å². The summed E-state index contributed by atoms with van der Waals surface area (Å²) in [4.78, 5) is 0. The van der Waals surface area contributed by atoms with Gasteiger partial charge in [-0.25, -0.2) is 0 Å². The maximum absolute atomic E-state index is 2.40. The summed E-state index contributed by atoms with van der Waals surface area (Å²) in [7, 11) is 0.403. The Morgan fingerprint density at radius 2 is 1.00 bits per heavy atom. The summed E-state index contributed by atoms with van der Waals surface area (Å²) in [6.07, 6.45) is 18.6. The smallest absolute Gasteiger partial charge is 0.0207 e. The minimum absolute atomic E-state index is 0.403. The number of hydrogen-bond acceptors (Lipinski definition) is 0. The third kappa shape index (κ3) is 7.44. The van der Waals surface area contributed by atoms with E-state index in [2.05, 4.69) is 6.92 Å². The van der Waals surface area contributed by atoms with E-state index in [1.165, 1.54) is 30.6 Å². The van der Waals surface area contributed by atoms with E-state index in [0.29, 0.717) is 7.92 Å². The van der Waals surface area contributed by atoms with Crippen LogP contribution in [0.5, 0.6) is 0 Å². The van der Waals surface area contributed by atoms with Gasteiger partial charge in [-0.15, -0.1) is 7.92 Å². The van der Waals surface area contributed by atoms with Crippen molar-refractivity contribution in [3.05, 3.63) is 0 Å². The van der Waals surface area contributed by atoms with Crippen LogP contribution in [-0.2, 0) is 0 Å². The first-order chi connectivity index (χ1) is 9.92. The molecule has 0 aliphatic heterocycles. The van der Waals surface area contributed by atoms with Gasteiger partial charge in [0.2, 0.25) is 0 Å². The Labute approximate surface area is 131 Å². The molecule has 2 aliphatic carbocycles. The second kappa shape index (κ2) is 14.4. The van der Waals surface area contributed by atoms with Crippen molar-refractivity contribution in [3.63, 3.8) is 0 Å². The second-order valence-electron chi connectivity index (χ2n) is 5.82. The van der Waals surface area contributed by atoms with E-state index in [0.717, 1.165) is 0 Å². The molecule has 0 saturated heterocycles. The molecule has 0 bridgehead atoms. The van der Waals surface area contributed by atoms with Crippen LogP contribution in [0.1, 0.15) is 105 Å². The quantitative estimate of drug-likeness (QED) is 0.469. The third-order valence-corrected chi connectivity index (χ3v) is 8.44. The molecule has 0 aromatic carbocycles. The standard InChI is InChI=1S/C15H29P.2C2H6/c1-2-13-16(14-9-5-3-6-10-14)15-11-7-4-8-12-15;2*1-2/h14-15H,2-13H2,1H3;2*1-2H3. The third-order valence-electron chi connectivity index (χ3n) is 4.57. The van der Waals surface area contributed by atoms with Crippen molar-refractivity contribution in [1.29, 1.82) is 0 Å². The fraction of sp³-hybridized carbons (Fsp3) is 1.00. The van der Waals surface area contributed by atoms with Gasteiger partial charge >= 0.3 is 0 Å². The summed E-state index contributed by atoms with van der Waals surface area (Å²) in [5, 5.41) is 0. The molecular weight excluding hydrogens is 259 g/mol. The summed E-state index contributed by atoms with van der Waals surface area (Å²) in [6, 6.07) is 0. The van der Waals surface area contributed by atoms with E-state index >= 15 is 0 Å². The van der Waals surface area contributed by atoms with Crippen LogP contribution < -0.4 is 0 Å². The van der Waals surface area contributed by atoms with Crippen molar-refractivity contribution in [2.24, 2.45) is 0 Å². The van der Waals surface area contributed by atoms with Crippen LogP contribution in [0.2, 0.25) is 0 Å². The maximum Gasteiger partial charge on any atom is -0.0207 e. The van der Waals surface area contributed by atoms with Crippen LogP contribution in [0.25, 0.3) is 0 Å². The highest BCUT2D eigenvalue weighted by molar-refractivity contribution is 7.59. The van der Waals surface area contributed by atoms with Gasteiger partial charge in [0.05, 0.1) is 0 Å². The highest BCUT2D eigenvalue weighted by atomic mass is 31.1. The van der Waals surface area contributed by atoms with E-state index in [9.17, 15) is 0 Å². The molecule has 122 valence electrons. The monoisotopic (exact) mass is 300 g/mol. The lowest BCUT2D eigenvalue weighted by molar-refractivity contribution is 0.484. The van der Waals surface area contributed by atoms with Crippen molar-refractivity contribution in [3.8, 4) is 0 Å². The van der Waals surface area contributed by atoms with Crippen LogP contribution in [0, 0.1) is 0 Å². The van der Waals surface area contributed by atoms with Gasteiger partial charge in [-0.1, -0.05) is 79.6 Å². The van der Waals surface area contributed by atoms with E-state index in [-0.39, 0.29) is 0 Å². The van der Waals surface area contributed by atoms with E-state index in [1.54, 1.807) is 57.5 Å². The zero-order chi connectivity index (χ0) is 15.2. The average molecular weight is 301 g/mol. The summed E-state index contributed by atoms with van der Waals surface area (Å²) >= 11 is 0. The number of hydrogen-bond donors (Lipinski definition) is 0. The van der Waals surface area contributed by atoms with Crippen LogP contribution in [0.3, 0.4) is 0 Å². The Morgan fingerprint density at radius 1 is 0.650 bits per heavy atom. The van der Waals surface area contributed by atoms with Crippen molar-refractivity contribution in [2.45, 2.75) is 117 Å². The molecule has 0 aromatic rings. The van der Waals surface area contributed by atoms with Gasteiger partial charge in [0.15, 0.2) is 0 Å². The highest BCUT2D eigenvalue weighted by Gasteiger charge is 2.29. The van der Waals surface area contributed by atoms with Gasteiger partial charge < -0.3 is 0 Å². The molecule has 0 N–H and O–H groups in total. The normalized spacial score (nSPS) is 20.7. The van der Waals surface area contributed by atoms with Crippen molar-refractivity contribution >= 4 is 7.92 Å². The second-order valence-corrected chi connectivity index (χ2v) is 8.76. The Morgan fingerprint density at radius 3 is 1.30 bits per heavy atom. The average Bonchev–Trinajstić information content (AvgIpc) is 2.58. The topological polar surface area (TPSA) is 0 Å². The fourth-order valence-corrected chi connectivity index (χ4v) is 7.65. The molecule has 2 saturated carbocycles. The Hall–Kier alpha value is 0.430. The molecule has 1 heteroatoms. The van der Waals surface area contributed by atoms with Gasteiger partial charge in [-0.05, 0) is 43.2 Å². The lowest BCUT2D eigenvalue weighted by atomic mass is 9.99. The highest BCUT2D eigenvalue weighted by Crippen LogP contribution is 2.55. The van der Waals surface area contributed by atoms with E-state index < -0.39 is 0 Å². The molecule has 0 unspecified atom stereocenters. The van der Waals surface area contributed by atoms with Gasteiger partial charge in [0, 0.05) is 0 Å². The van der Waals surface area contributed by atoms with E-state index in [4.69, 9.17) is 0 Å². The molecular formula is C19H41P. The fourth-order valence-electron chi connectivity index (χ4n) is 3.75. The van der Waals surface area contributed by atoms with E-state index in [1.807, 2.05) is 27.7 Å². The molecule has 0 amide bonds. The summed E-state index contributed by atoms with van der Waals surface area (Å²) in [5.41, 5.74) is 2.35. The Balaban J connectivity index is 0.000000829. The summed E-state index contributed by atoms with van der Waals surface area (Å²) in [5.74, 6) is 0. The maximum atomic E-state index is 2.40. The molecule has 0 aromatic heterocycles. The number of rotatable bonds is 4. The molecule has 0 spiro atoms. The largest absolute Gasteiger partial charge is 0.100 e. The minimum Gasteiger partial charge on any atom is -0.100 e. The van der Waals surface area contributed by atoms with Crippen LogP contribution in [0.15, 0.2) is 0 Å². The summed E-state index contributed by atoms with van der Waals surface area (Å²) < 4.78 is 0. The predicted molar refractivity (Wildman–Crippen MR) is 98.5 cm³/mol. The Bertz CT molecular complexity index is 160. The molecule has 0 radical (unpaired) electrons. The first-order valence-electron chi connectivity index (χ1n) is 9.67. The molecule has 0 heterocycles. The van der Waals surface area contributed by atoms with Gasteiger partial charge in [0.25, 0.3) is 0 Å². The SMILES string of the molecule is CC.CC.CCCP(C1CCCCC1)C1CCCCC1. The van der Waals surface area contributed by atoms with Gasteiger partial charge in [-0.3, -0.25) is 0 Å². The van der Waals surface area contributed by atoms with Gasteiger partial charge in [-0.2, -0.15) is 0 Å². The zero-order valence-electron chi connectivity index (χ0n) is 15.1. The molecule has 20 heavy (non-hydrogen) atoms. The predicted octanol–water partition coefficient (Wildman–Crippen LogP) is 7.60. The molecule has 2 aliphatic rings. The lowest BCUT2D eigenvalue weighted by Gasteiger charge is -2.38. The minimum atomic E-state index is 0.403. The molecule has 0 nitrogen and oxygen atoms in total. The van der Waals surface area contributed by atoms with Crippen molar-refractivity contribution in [1.82, 2.24) is 0 Å². The zero-order valence-corrected chi connectivity index (χ0v) is 16.0. The Kier molecular flexibility index (Phi) is 14.7. The first-order valence-corrected chi connectivity index (χ1v) is 11.3. The van der Waals surface area contributed by atoms with Crippen LogP contribution in [0.4, 0.5) is 0 Å². The van der Waals surface area contributed by atoms with Crippen molar-refractivity contribution < 1.29 is 0 Å². The molecule has 2 rings (SSSR count). The van der Waals surface area contributed by atoms with Gasteiger partial charge in [0.1, 0.15) is 0 Å². The van der Waals surface area contributed by atoms with Crippen LogP contribution >= 0.6 is 7.92 Å². The molecule has 2 fully saturated rings.